The Kier molecular flexibility index (Phi) is 4.84. The second-order valence-electron chi connectivity index (χ2n) is 6.44. The van der Waals surface area contributed by atoms with Gasteiger partial charge in [0, 0.05) is 23.9 Å². The number of amides is 2. The first kappa shape index (κ1) is 16.7. The van der Waals surface area contributed by atoms with E-state index in [-0.39, 0.29) is 17.2 Å². The number of nitrogens with one attached hydrogen (secondary N) is 2. The summed E-state index contributed by atoms with van der Waals surface area (Å²) in [6.07, 6.45) is 0. The van der Waals surface area contributed by atoms with Gasteiger partial charge in [-0.25, -0.2) is 0 Å². The van der Waals surface area contributed by atoms with E-state index in [2.05, 4.69) is 31.4 Å². The second-order valence-corrected chi connectivity index (χ2v) is 6.44. The number of anilines is 1. The number of hydrogen-bond acceptors (Lipinski definition) is 2. The lowest BCUT2D eigenvalue weighted by Gasteiger charge is -2.19. The summed E-state index contributed by atoms with van der Waals surface area (Å²) in [4.78, 5) is 23.7. The number of carbonyl (C=O) groups is 2. The van der Waals surface area contributed by atoms with Gasteiger partial charge in [0.1, 0.15) is 0 Å². The molecule has 0 saturated carbocycles. The van der Waals surface area contributed by atoms with E-state index in [0.29, 0.717) is 16.8 Å². The molecule has 0 unspecified atom stereocenters. The van der Waals surface area contributed by atoms with Crippen molar-refractivity contribution in [2.75, 3.05) is 12.4 Å². The fraction of sp³-hybridized carbons (Fsp3) is 0.263. The van der Waals surface area contributed by atoms with Crippen LogP contribution in [0, 0.1) is 0 Å². The predicted octanol–water partition coefficient (Wildman–Crippen LogP) is 3.60. The fourth-order valence-electron chi connectivity index (χ4n) is 2.17. The molecular weight excluding hydrogens is 288 g/mol. The van der Waals surface area contributed by atoms with Crippen LogP contribution in [0.25, 0.3) is 0 Å². The standard InChI is InChI=1S/C19H22N2O2/c1-19(2,3)15-9-5-14(6-10-15)18(23)21-16-11-7-13(8-12-16)17(22)20-4/h5-12H,1-4H3,(H,20,22)(H,21,23). The molecule has 0 aromatic heterocycles. The van der Waals surface area contributed by atoms with Gasteiger partial charge in [0.25, 0.3) is 11.8 Å². The third-order valence-electron chi connectivity index (χ3n) is 3.65. The molecule has 0 aliphatic carbocycles. The van der Waals surface area contributed by atoms with Gasteiger partial charge >= 0.3 is 0 Å². The summed E-state index contributed by atoms with van der Waals surface area (Å²) < 4.78 is 0. The molecule has 4 heteroatoms. The minimum atomic E-state index is -0.168. The highest BCUT2D eigenvalue weighted by Crippen LogP contribution is 2.22. The maximum absolute atomic E-state index is 12.3. The Morgan fingerprint density at radius 2 is 1.26 bits per heavy atom. The lowest BCUT2D eigenvalue weighted by molar-refractivity contribution is 0.0962. The highest BCUT2D eigenvalue weighted by Gasteiger charge is 2.14. The molecule has 0 spiro atoms. The van der Waals surface area contributed by atoms with Crippen LogP contribution in [0.5, 0.6) is 0 Å². The van der Waals surface area contributed by atoms with Gasteiger partial charge in [0.2, 0.25) is 0 Å². The molecule has 2 rings (SSSR count). The van der Waals surface area contributed by atoms with Crippen molar-refractivity contribution in [3.05, 3.63) is 65.2 Å². The number of hydrogen-bond donors (Lipinski definition) is 2. The Hall–Kier alpha value is -2.62. The zero-order valence-electron chi connectivity index (χ0n) is 13.9. The van der Waals surface area contributed by atoms with Gasteiger partial charge in [-0.05, 0) is 47.4 Å². The van der Waals surface area contributed by atoms with Crippen molar-refractivity contribution < 1.29 is 9.59 Å². The Labute approximate surface area is 136 Å². The van der Waals surface area contributed by atoms with Crippen molar-refractivity contribution in [3.8, 4) is 0 Å². The summed E-state index contributed by atoms with van der Waals surface area (Å²) in [5.41, 5.74) is 3.06. The van der Waals surface area contributed by atoms with Gasteiger partial charge in [-0.1, -0.05) is 32.9 Å². The van der Waals surface area contributed by atoms with Crippen LogP contribution < -0.4 is 10.6 Å². The Balaban J connectivity index is 2.08. The monoisotopic (exact) mass is 310 g/mol. The van der Waals surface area contributed by atoms with E-state index < -0.39 is 0 Å². The molecule has 2 amide bonds. The molecule has 0 atom stereocenters. The third-order valence-corrected chi connectivity index (χ3v) is 3.65. The largest absolute Gasteiger partial charge is 0.355 e. The van der Waals surface area contributed by atoms with Gasteiger partial charge in [-0.15, -0.1) is 0 Å². The summed E-state index contributed by atoms with van der Waals surface area (Å²) in [6, 6.07) is 14.4. The summed E-state index contributed by atoms with van der Waals surface area (Å²) in [6.45, 7) is 6.41. The van der Waals surface area contributed by atoms with Gasteiger partial charge in [0.15, 0.2) is 0 Å². The van der Waals surface area contributed by atoms with E-state index >= 15 is 0 Å². The summed E-state index contributed by atoms with van der Waals surface area (Å²) in [5, 5.41) is 5.39. The first-order valence-corrected chi connectivity index (χ1v) is 7.55. The molecule has 0 bridgehead atoms. The molecule has 2 aromatic carbocycles. The zero-order chi connectivity index (χ0) is 17.0. The number of carbonyl (C=O) groups excluding carboxylic acids is 2. The molecule has 0 heterocycles. The van der Waals surface area contributed by atoms with Crippen LogP contribution in [-0.4, -0.2) is 18.9 Å². The smallest absolute Gasteiger partial charge is 0.255 e. The summed E-state index contributed by atoms with van der Waals surface area (Å²) in [7, 11) is 1.58. The molecule has 23 heavy (non-hydrogen) atoms. The first-order chi connectivity index (χ1) is 10.8. The van der Waals surface area contributed by atoms with Gasteiger partial charge in [-0.2, -0.15) is 0 Å². The van der Waals surface area contributed by atoms with Gasteiger partial charge in [-0.3, -0.25) is 9.59 Å². The van der Waals surface area contributed by atoms with Crippen molar-refractivity contribution in [3.63, 3.8) is 0 Å². The van der Waals surface area contributed by atoms with Crippen molar-refractivity contribution in [2.45, 2.75) is 26.2 Å². The topological polar surface area (TPSA) is 58.2 Å². The first-order valence-electron chi connectivity index (χ1n) is 7.55. The normalized spacial score (nSPS) is 11.0. The van der Waals surface area contributed by atoms with E-state index in [9.17, 15) is 9.59 Å². The highest BCUT2D eigenvalue weighted by molar-refractivity contribution is 6.04. The molecule has 0 radical (unpaired) electrons. The fourth-order valence-corrected chi connectivity index (χ4v) is 2.17. The molecule has 4 nitrogen and oxygen atoms in total. The van der Waals surface area contributed by atoms with Crippen LogP contribution in [0.15, 0.2) is 48.5 Å². The van der Waals surface area contributed by atoms with Crippen molar-refractivity contribution >= 4 is 17.5 Å². The Bertz CT molecular complexity index is 696. The van der Waals surface area contributed by atoms with Gasteiger partial charge < -0.3 is 10.6 Å². The van der Waals surface area contributed by atoms with E-state index in [4.69, 9.17) is 0 Å². The second kappa shape index (κ2) is 6.65. The molecule has 0 saturated heterocycles. The van der Waals surface area contributed by atoms with Crippen LogP contribution in [-0.2, 0) is 5.41 Å². The molecule has 120 valence electrons. The maximum Gasteiger partial charge on any atom is 0.255 e. The van der Waals surface area contributed by atoms with Crippen LogP contribution >= 0.6 is 0 Å². The van der Waals surface area contributed by atoms with E-state index in [0.717, 1.165) is 0 Å². The molecule has 0 aliphatic rings. The van der Waals surface area contributed by atoms with Crippen molar-refractivity contribution in [1.29, 1.82) is 0 Å². The quantitative estimate of drug-likeness (QED) is 0.910. The average Bonchev–Trinajstić information content (AvgIpc) is 2.54. The molecule has 2 N–H and O–H groups in total. The van der Waals surface area contributed by atoms with Crippen LogP contribution in [0.3, 0.4) is 0 Å². The highest BCUT2D eigenvalue weighted by atomic mass is 16.2. The minimum Gasteiger partial charge on any atom is -0.355 e. The molecule has 0 fully saturated rings. The van der Waals surface area contributed by atoms with Crippen LogP contribution in [0.1, 0.15) is 47.1 Å². The van der Waals surface area contributed by atoms with Crippen LogP contribution in [0.2, 0.25) is 0 Å². The van der Waals surface area contributed by atoms with E-state index in [1.54, 1.807) is 31.3 Å². The molecular formula is C19H22N2O2. The minimum absolute atomic E-state index is 0.0602. The van der Waals surface area contributed by atoms with Crippen LogP contribution in [0.4, 0.5) is 5.69 Å². The Morgan fingerprint density at radius 3 is 1.74 bits per heavy atom. The lowest BCUT2D eigenvalue weighted by Crippen LogP contribution is -2.18. The Morgan fingerprint density at radius 1 is 0.783 bits per heavy atom. The van der Waals surface area contributed by atoms with Gasteiger partial charge in [0.05, 0.1) is 0 Å². The molecule has 0 aliphatic heterocycles. The number of rotatable bonds is 3. The average molecular weight is 310 g/mol. The van der Waals surface area contributed by atoms with E-state index in [1.165, 1.54) is 5.56 Å². The van der Waals surface area contributed by atoms with Crippen molar-refractivity contribution in [2.24, 2.45) is 0 Å². The summed E-state index contributed by atoms with van der Waals surface area (Å²) >= 11 is 0. The SMILES string of the molecule is CNC(=O)c1ccc(NC(=O)c2ccc(C(C)(C)C)cc2)cc1. The zero-order valence-corrected chi connectivity index (χ0v) is 13.9. The predicted molar refractivity (Wildman–Crippen MR) is 92.9 cm³/mol. The van der Waals surface area contributed by atoms with Crippen molar-refractivity contribution in [1.82, 2.24) is 5.32 Å². The third kappa shape index (κ3) is 4.19. The van der Waals surface area contributed by atoms with E-state index in [1.807, 2.05) is 24.3 Å². The molecule has 2 aromatic rings. The summed E-state index contributed by atoms with van der Waals surface area (Å²) in [5.74, 6) is -0.321. The number of benzene rings is 2. The maximum atomic E-state index is 12.3. The lowest BCUT2D eigenvalue weighted by atomic mass is 9.87.